The second-order valence-corrected chi connectivity index (χ2v) is 12.4. The van der Waals surface area contributed by atoms with E-state index in [2.05, 4.69) is 10.3 Å². The molecule has 0 spiro atoms. The van der Waals surface area contributed by atoms with Crippen molar-refractivity contribution in [1.29, 1.82) is 0 Å². The predicted molar refractivity (Wildman–Crippen MR) is 165 cm³/mol. The number of allylic oxidation sites excluding steroid dienone is 2. The molecule has 2 aromatic heterocycles. The molecule has 2 aliphatic rings. The van der Waals surface area contributed by atoms with Gasteiger partial charge in [-0.2, -0.15) is 0 Å². The minimum absolute atomic E-state index is 0.0899. The SMILES string of the molecule is CC1(C)CC(=O)C2=C(C1)n1c(=O)n(-c3ccc(Cl)cc3)c(=O)n1C2c1ccccc1OCc1cn(Cc2ccccc2)nn1. The van der Waals surface area contributed by atoms with Gasteiger partial charge in [0.05, 0.1) is 24.1 Å². The van der Waals surface area contributed by atoms with Crippen molar-refractivity contribution in [3.63, 3.8) is 0 Å². The van der Waals surface area contributed by atoms with Crippen LogP contribution in [0.15, 0.2) is 100 Å². The number of aromatic nitrogens is 6. The lowest BCUT2D eigenvalue weighted by Gasteiger charge is -2.30. The van der Waals surface area contributed by atoms with Crippen LogP contribution >= 0.6 is 11.6 Å². The molecule has 1 unspecified atom stereocenters. The molecule has 44 heavy (non-hydrogen) atoms. The molecular formula is C33H29ClN6O4. The van der Waals surface area contributed by atoms with Crippen LogP contribution in [0.2, 0.25) is 5.02 Å². The molecule has 0 saturated carbocycles. The third kappa shape index (κ3) is 4.81. The monoisotopic (exact) mass is 608 g/mol. The Bertz CT molecular complexity index is 2050. The lowest BCUT2D eigenvalue weighted by molar-refractivity contribution is -0.118. The van der Waals surface area contributed by atoms with Crippen molar-refractivity contribution in [3.05, 3.63) is 133 Å². The van der Waals surface area contributed by atoms with E-state index in [0.717, 1.165) is 10.1 Å². The van der Waals surface area contributed by atoms with Gasteiger partial charge in [0, 0.05) is 22.6 Å². The van der Waals surface area contributed by atoms with E-state index >= 15 is 0 Å². The first kappa shape index (κ1) is 27.8. The van der Waals surface area contributed by atoms with E-state index in [0.29, 0.717) is 58.4 Å². The van der Waals surface area contributed by atoms with E-state index in [-0.39, 0.29) is 17.8 Å². The van der Waals surface area contributed by atoms with Gasteiger partial charge in [0.15, 0.2) is 5.78 Å². The first-order valence-electron chi connectivity index (χ1n) is 14.3. The Morgan fingerprint density at radius 1 is 0.909 bits per heavy atom. The van der Waals surface area contributed by atoms with E-state index in [1.807, 2.05) is 68.6 Å². The van der Waals surface area contributed by atoms with Gasteiger partial charge in [-0.1, -0.05) is 79.2 Å². The molecule has 5 aromatic rings. The number of halogens is 1. The van der Waals surface area contributed by atoms with Gasteiger partial charge in [-0.05, 0) is 47.7 Å². The van der Waals surface area contributed by atoms with Gasteiger partial charge in [-0.3, -0.25) is 4.79 Å². The van der Waals surface area contributed by atoms with Crippen molar-refractivity contribution in [2.45, 2.75) is 45.9 Å². The van der Waals surface area contributed by atoms with Crippen LogP contribution in [-0.4, -0.2) is 34.7 Å². The Kier molecular flexibility index (Phi) is 6.73. The molecule has 0 radical (unpaired) electrons. The van der Waals surface area contributed by atoms with Crippen LogP contribution in [0, 0.1) is 5.41 Å². The number of benzene rings is 3. The molecule has 7 rings (SSSR count). The highest BCUT2D eigenvalue weighted by atomic mass is 35.5. The number of fused-ring (bicyclic) bond motifs is 2. The summed E-state index contributed by atoms with van der Waals surface area (Å²) in [7, 11) is 0. The smallest absolute Gasteiger partial charge is 0.356 e. The Morgan fingerprint density at radius 3 is 2.41 bits per heavy atom. The van der Waals surface area contributed by atoms with Gasteiger partial charge in [-0.15, -0.1) is 5.10 Å². The molecule has 0 amide bonds. The summed E-state index contributed by atoms with van der Waals surface area (Å²) >= 11 is 6.08. The number of ether oxygens (including phenoxy) is 1. The van der Waals surface area contributed by atoms with Crippen LogP contribution in [-0.2, 0) is 17.9 Å². The number of hydrogen-bond acceptors (Lipinski definition) is 6. The first-order chi connectivity index (χ1) is 21.2. The maximum Gasteiger partial charge on any atom is 0.356 e. The fourth-order valence-corrected chi connectivity index (χ4v) is 6.32. The predicted octanol–water partition coefficient (Wildman–Crippen LogP) is 4.88. The van der Waals surface area contributed by atoms with Gasteiger partial charge in [0.1, 0.15) is 24.1 Å². The van der Waals surface area contributed by atoms with E-state index in [4.69, 9.17) is 16.3 Å². The summed E-state index contributed by atoms with van der Waals surface area (Å²) in [6.45, 7) is 4.69. The maximum atomic E-state index is 14.1. The molecule has 3 heterocycles. The van der Waals surface area contributed by atoms with Gasteiger partial charge in [0.2, 0.25) is 0 Å². The molecule has 10 nitrogen and oxygen atoms in total. The van der Waals surface area contributed by atoms with E-state index in [9.17, 15) is 14.4 Å². The molecule has 222 valence electrons. The van der Waals surface area contributed by atoms with Gasteiger partial charge >= 0.3 is 11.4 Å². The number of ketones is 1. The van der Waals surface area contributed by atoms with Crippen LogP contribution in [0.25, 0.3) is 11.4 Å². The summed E-state index contributed by atoms with van der Waals surface area (Å²) in [6, 6.07) is 22.9. The Morgan fingerprint density at radius 2 is 1.64 bits per heavy atom. The number of nitrogens with zero attached hydrogens (tertiary/aromatic N) is 6. The summed E-state index contributed by atoms with van der Waals surface area (Å²) in [5.74, 6) is 0.389. The highest BCUT2D eigenvalue weighted by Gasteiger charge is 2.46. The summed E-state index contributed by atoms with van der Waals surface area (Å²) in [6.07, 6.45) is 2.59. The molecule has 0 bridgehead atoms. The molecule has 11 heteroatoms. The van der Waals surface area contributed by atoms with Crippen LogP contribution in [0.5, 0.6) is 5.75 Å². The van der Waals surface area contributed by atoms with Gasteiger partial charge in [0.25, 0.3) is 0 Å². The fraction of sp³-hybridized carbons (Fsp3) is 0.242. The van der Waals surface area contributed by atoms with Gasteiger partial charge < -0.3 is 4.74 Å². The second kappa shape index (κ2) is 10.6. The van der Waals surface area contributed by atoms with Crippen molar-refractivity contribution in [3.8, 4) is 11.4 Å². The summed E-state index contributed by atoms with van der Waals surface area (Å²) in [5.41, 5.74) is 2.25. The highest BCUT2D eigenvalue weighted by Crippen LogP contribution is 2.48. The van der Waals surface area contributed by atoms with Gasteiger partial charge in [-0.25, -0.2) is 28.2 Å². The number of hydrogen-bond donors (Lipinski definition) is 0. The topological polar surface area (TPSA) is 106 Å². The van der Waals surface area contributed by atoms with E-state index in [1.165, 1.54) is 9.36 Å². The highest BCUT2D eigenvalue weighted by molar-refractivity contribution is 6.30. The largest absolute Gasteiger partial charge is 0.487 e. The molecular weight excluding hydrogens is 580 g/mol. The molecule has 0 saturated heterocycles. The van der Waals surface area contributed by atoms with Crippen molar-refractivity contribution >= 4 is 23.1 Å². The van der Waals surface area contributed by atoms with Crippen molar-refractivity contribution in [2.75, 3.05) is 0 Å². The number of Topliss-reactive ketones (excluding diaryl/α,β-unsaturated/α-hetero) is 1. The summed E-state index contributed by atoms with van der Waals surface area (Å²) in [5, 5.41) is 8.98. The Hall–Kier alpha value is -4.96. The normalized spacial score (nSPS) is 17.1. The molecule has 1 atom stereocenters. The number of rotatable bonds is 7. The number of carbonyl (C=O) groups is 1. The Labute approximate surface area is 257 Å². The average molecular weight is 609 g/mol. The molecule has 1 aliphatic heterocycles. The third-order valence-corrected chi connectivity index (χ3v) is 8.34. The molecule has 0 N–H and O–H groups in total. The summed E-state index contributed by atoms with van der Waals surface area (Å²) < 4.78 is 11.9. The zero-order valence-electron chi connectivity index (χ0n) is 24.2. The van der Waals surface area contributed by atoms with Crippen molar-refractivity contribution < 1.29 is 9.53 Å². The zero-order valence-corrected chi connectivity index (χ0v) is 24.9. The third-order valence-electron chi connectivity index (χ3n) is 8.09. The Balaban J connectivity index is 1.28. The number of carbonyl (C=O) groups excluding carboxylic acids is 1. The zero-order chi connectivity index (χ0) is 30.6. The molecule has 3 aromatic carbocycles. The van der Waals surface area contributed by atoms with Crippen LogP contribution in [0.1, 0.15) is 49.6 Å². The van der Waals surface area contributed by atoms with Crippen LogP contribution in [0.3, 0.4) is 0 Å². The van der Waals surface area contributed by atoms with Crippen LogP contribution in [0.4, 0.5) is 0 Å². The van der Waals surface area contributed by atoms with Crippen molar-refractivity contribution in [1.82, 2.24) is 28.9 Å². The average Bonchev–Trinajstić information content (AvgIpc) is 3.66. The molecule has 1 aliphatic carbocycles. The van der Waals surface area contributed by atoms with Crippen LogP contribution < -0.4 is 16.1 Å². The standard InChI is InChI=1S/C33H29ClN6O4/c1-33(2)16-26-29(27(41)17-33)30(40-32(43)38(31(42)39(26)40)24-14-12-22(34)13-15-24)25-10-6-7-11-28(25)44-20-23-19-37(36-35-23)18-21-8-4-3-5-9-21/h3-15,19,30H,16-18,20H2,1-2H3. The van der Waals surface area contributed by atoms with E-state index < -0.39 is 17.4 Å². The lowest BCUT2D eigenvalue weighted by Crippen LogP contribution is -2.33. The second-order valence-electron chi connectivity index (χ2n) is 12.0. The molecule has 0 fully saturated rings. The summed E-state index contributed by atoms with van der Waals surface area (Å²) in [4.78, 5) is 41.7. The fourth-order valence-electron chi connectivity index (χ4n) is 6.19. The maximum absolute atomic E-state index is 14.1. The van der Waals surface area contributed by atoms with E-state index in [1.54, 1.807) is 35.0 Å². The minimum atomic E-state index is -0.840. The first-order valence-corrected chi connectivity index (χ1v) is 14.7. The minimum Gasteiger partial charge on any atom is -0.487 e. The number of para-hydroxylation sites is 1. The lowest BCUT2D eigenvalue weighted by atomic mass is 9.74. The van der Waals surface area contributed by atoms with Crippen molar-refractivity contribution in [2.24, 2.45) is 5.41 Å². The quantitative estimate of drug-likeness (QED) is 0.261.